The summed E-state index contributed by atoms with van der Waals surface area (Å²) >= 11 is 3.15. The minimum Gasteiger partial charge on any atom is -0.465 e. The lowest BCUT2D eigenvalue weighted by Crippen LogP contribution is -2.37. The highest BCUT2D eigenvalue weighted by molar-refractivity contribution is 9.10. The summed E-state index contributed by atoms with van der Waals surface area (Å²) < 4.78 is 3.77. The van der Waals surface area contributed by atoms with Crippen LogP contribution in [0.5, 0.6) is 0 Å². The van der Waals surface area contributed by atoms with Crippen LogP contribution in [-0.2, 0) is 14.3 Å². The number of Topliss-reactive ketones (excluding diaryl/α,β-unsaturated/α-hetero) is 1. The summed E-state index contributed by atoms with van der Waals surface area (Å²) in [7, 11) is 0. The molecule has 1 rings (SSSR count). The molecular weight excluding hydrogens is 224 g/mol. The largest absolute Gasteiger partial charge is 0.465 e. The Morgan fingerprint density at radius 1 is 1.75 bits per heavy atom. The fourth-order valence-electron chi connectivity index (χ4n) is 1.29. The van der Waals surface area contributed by atoms with Gasteiger partial charge in [0.1, 0.15) is 0 Å². The number of hydrogen-bond donors (Lipinski definition) is 0. The highest BCUT2D eigenvalue weighted by Gasteiger charge is 2.47. The highest BCUT2D eigenvalue weighted by atomic mass is 79.9. The lowest BCUT2D eigenvalue weighted by molar-refractivity contribution is -0.148. The van der Waals surface area contributed by atoms with E-state index >= 15 is 0 Å². The van der Waals surface area contributed by atoms with Crippen molar-refractivity contribution < 1.29 is 14.3 Å². The van der Waals surface area contributed by atoms with E-state index in [1.807, 2.05) is 0 Å². The van der Waals surface area contributed by atoms with Crippen molar-refractivity contribution in [1.82, 2.24) is 0 Å². The third kappa shape index (κ3) is 1.53. The van der Waals surface area contributed by atoms with Gasteiger partial charge >= 0.3 is 5.97 Å². The molecule has 0 bridgehead atoms. The zero-order valence-electron chi connectivity index (χ0n) is 6.93. The molecule has 0 heterocycles. The SMILES string of the molecule is CCOC(=O)C1(Br)CCCC1=O. The standard InChI is InChI=1S/C8H11BrO3/c1-2-12-7(11)8(9)5-3-4-6(8)10/h2-5H2,1H3. The number of carbonyl (C=O) groups excluding carboxylic acids is 2. The van der Waals surface area contributed by atoms with Crippen LogP contribution in [-0.4, -0.2) is 22.7 Å². The summed E-state index contributed by atoms with van der Waals surface area (Å²) in [6.45, 7) is 2.05. The molecule has 0 spiro atoms. The summed E-state index contributed by atoms with van der Waals surface area (Å²) in [4.78, 5) is 22.6. The number of ether oxygens (including phenoxy) is 1. The molecule has 0 aromatic carbocycles. The second-order valence-electron chi connectivity index (χ2n) is 2.80. The Hall–Kier alpha value is -0.380. The van der Waals surface area contributed by atoms with Gasteiger partial charge in [-0.3, -0.25) is 9.59 Å². The van der Waals surface area contributed by atoms with Gasteiger partial charge in [0.2, 0.25) is 0 Å². The van der Waals surface area contributed by atoms with Gasteiger partial charge in [-0.15, -0.1) is 0 Å². The van der Waals surface area contributed by atoms with E-state index in [0.29, 0.717) is 19.4 Å². The van der Waals surface area contributed by atoms with Gasteiger partial charge in [0.15, 0.2) is 10.1 Å². The Kier molecular flexibility index (Phi) is 2.88. The molecule has 68 valence electrons. The number of halogens is 1. The predicted molar refractivity (Wildman–Crippen MR) is 47.1 cm³/mol. The Labute approximate surface area is 79.6 Å². The number of hydrogen-bond acceptors (Lipinski definition) is 3. The van der Waals surface area contributed by atoms with Crippen molar-refractivity contribution in [3.05, 3.63) is 0 Å². The van der Waals surface area contributed by atoms with Crippen molar-refractivity contribution in [1.29, 1.82) is 0 Å². The molecular formula is C8H11BrO3. The lowest BCUT2D eigenvalue weighted by atomic mass is 10.1. The number of rotatable bonds is 2. The first-order valence-corrected chi connectivity index (χ1v) is 4.80. The summed E-state index contributed by atoms with van der Waals surface area (Å²) in [6, 6.07) is 0. The van der Waals surface area contributed by atoms with Gasteiger partial charge in [-0.1, -0.05) is 15.9 Å². The first-order chi connectivity index (χ1) is 5.61. The molecule has 1 aliphatic carbocycles. The summed E-state index contributed by atoms with van der Waals surface area (Å²) in [5.41, 5.74) is 0. The lowest BCUT2D eigenvalue weighted by Gasteiger charge is -2.16. The molecule has 3 nitrogen and oxygen atoms in total. The van der Waals surface area contributed by atoms with Gasteiger partial charge < -0.3 is 4.74 Å². The van der Waals surface area contributed by atoms with E-state index in [2.05, 4.69) is 15.9 Å². The fraction of sp³-hybridized carbons (Fsp3) is 0.750. The van der Waals surface area contributed by atoms with Crippen molar-refractivity contribution in [3.63, 3.8) is 0 Å². The van der Waals surface area contributed by atoms with Crippen LogP contribution in [0.2, 0.25) is 0 Å². The van der Waals surface area contributed by atoms with Crippen LogP contribution in [0.15, 0.2) is 0 Å². The van der Waals surface area contributed by atoms with Gasteiger partial charge in [-0.25, -0.2) is 0 Å². The van der Waals surface area contributed by atoms with Gasteiger partial charge in [-0.05, 0) is 19.8 Å². The zero-order valence-corrected chi connectivity index (χ0v) is 8.52. The Bertz CT molecular complexity index is 214. The smallest absolute Gasteiger partial charge is 0.330 e. The van der Waals surface area contributed by atoms with Crippen molar-refractivity contribution >= 4 is 27.7 Å². The minimum atomic E-state index is -1.02. The molecule has 4 heteroatoms. The van der Waals surface area contributed by atoms with Gasteiger partial charge in [0.05, 0.1) is 6.61 Å². The third-order valence-corrected chi connectivity index (χ3v) is 3.13. The molecule has 1 aliphatic rings. The van der Waals surface area contributed by atoms with Crippen molar-refractivity contribution in [2.45, 2.75) is 30.5 Å². The maximum Gasteiger partial charge on any atom is 0.330 e. The van der Waals surface area contributed by atoms with E-state index in [4.69, 9.17) is 4.74 Å². The van der Waals surface area contributed by atoms with E-state index in [1.54, 1.807) is 6.92 Å². The molecule has 1 unspecified atom stereocenters. The summed E-state index contributed by atoms with van der Waals surface area (Å²) in [5, 5.41) is 0. The van der Waals surface area contributed by atoms with Crippen LogP contribution in [0.1, 0.15) is 26.2 Å². The van der Waals surface area contributed by atoms with Gasteiger partial charge in [0, 0.05) is 6.42 Å². The fourth-order valence-corrected chi connectivity index (χ4v) is 1.88. The number of carbonyl (C=O) groups is 2. The van der Waals surface area contributed by atoms with Crippen LogP contribution >= 0.6 is 15.9 Å². The molecule has 1 atom stereocenters. The predicted octanol–water partition coefficient (Wildman–Crippen LogP) is 1.44. The first-order valence-electron chi connectivity index (χ1n) is 4.00. The van der Waals surface area contributed by atoms with Crippen LogP contribution in [0.25, 0.3) is 0 Å². The van der Waals surface area contributed by atoms with E-state index < -0.39 is 10.3 Å². The van der Waals surface area contributed by atoms with Crippen molar-refractivity contribution in [2.75, 3.05) is 6.61 Å². The van der Waals surface area contributed by atoms with Crippen molar-refractivity contribution in [2.24, 2.45) is 0 Å². The van der Waals surface area contributed by atoms with Crippen LogP contribution < -0.4 is 0 Å². The first kappa shape index (κ1) is 9.71. The quantitative estimate of drug-likeness (QED) is 0.413. The van der Waals surface area contributed by atoms with Crippen LogP contribution in [0, 0.1) is 0 Å². The number of ketones is 1. The second-order valence-corrected chi connectivity index (χ2v) is 4.15. The molecule has 0 saturated heterocycles. The molecule has 1 fully saturated rings. The topological polar surface area (TPSA) is 43.4 Å². The van der Waals surface area contributed by atoms with E-state index in [1.165, 1.54) is 0 Å². The van der Waals surface area contributed by atoms with Gasteiger partial charge in [-0.2, -0.15) is 0 Å². The third-order valence-electron chi connectivity index (χ3n) is 1.97. The van der Waals surface area contributed by atoms with E-state index in [9.17, 15) is 9.59 Å². The average Bonchev–Trinajstić information content (AvgIpc) is 2.34. The molecule has 12 heavy (non-hydrogen) atoms. The summed E-state index contributed by atoms with van der Waals surface area (Å²) in [5.74, 6) is -0.492. The number of alkyl halides is 1. The van der Waals surface area contributed by atoms with Crippen LogP contribution in [0.3, 0.4) is 0 Å². The Morgan fingerprint density at radius 3 is 2.83 bits per heavy atom. The molecule has 0 aliphatic heterocycles. The van der Waals surface area contributed by atoms with Crippen LogP contribution in [0.4, 0.5) is 0 Å². The Morgan fingerprint density at radius 2 is 2.42 bits per heavy atom. The molecule has 0 N–H and O–H groups in total. The minimum absolute atomic E-state index is 0.0547. The normalized spacial score (nSPS) is 29.0. The monoisotopic (exact) mass is 234 g/mol. The maximum atomic E-state index is 11.3. The molecule has 0 aromatic rings. The zero-order chi connectivity index (χ0) is 9.19. The maximum absolute atomic E-state index is 11.3. The van der Waals surface area contributed by atoms with E-state index in [-0.39, 0.29) is 5.78 Å². The average molecular weight is 235 g/mol. The van der Waals surface area contributed by atoms with Crippen molar-refractivity contribution in [3.8, 4) is 0 Å². The Balaban J connectivity index is 2.70. The summed E-state index contributed by atoms with van der Waals surface area (Å²) in [6.07, 6.45) is 1.80. The van der Waals surface area contributed by atoms with E-state index in [0.717, 1.165) is 6.42 Å². The highest BCUT2D eigenvalue weighted by Crippen LogP contribution is 2.35. The molecule has 1 saturated carbocycles. The molecule has 0 radical (unpaired) electrons. The molecule has 0 amide bonds. The number of esters is 1. The second kappa shape index (κ2) is 3.56. The van der Waals surface area contributed by atoms with Gasteiger partial charge in [0.25, 0.3) is 0 Å². The molecule has 0 aromatic heterocycles.